The largest absolute Gasteiger partial charge is 0.439 e. The lowest BCUT2D eigenvalue weighted by Gasteiger charge is -2.10. The molecule has 0 saturated heterocycles. The highest BCUT2D eigenvalue weighted by atomic mass is 19.4. The molecular weight excluding hydrogens is 299 g/mol. The van der Waals surface area contributed by atoms with Gasteiger partial charge in [-0.05, 0) is 0 Å². The third-order valence-electron chi connectivity index (χ3n) is 2.18. The van der Waals surface area contributed by atoms with Gasteiger partial charge in [-0.25, -0.2) is 19.6 Å². The molecular formula is C11H7F5N4O. The maximum absolute atomic E-state index is 13.0. The van der Waals surface area contributed by atoms with Crippen LogP contribution in [0.5, 0.6) is 11.6 Å². The molecule has 0 aliphatic rings. The zero-order chi connectivity index (χ0) is 15.6. The second-order valence-electron chi connectivity index (χ2n) is 3.76. The summed E-state index contributed by atoms with van der Waals surface area (Å²) in [4.78, 5) is 6.61. The summed E-state index contributed by atoms with van der Waals surface area (Å²) in [6, 6.07) is 2.63. The SMILES string of the molecule is NNc1nc(Oc2cc(F)cc(F)c2)cc(C(F)(F)F)n1. The summed E-state index contributed by atoms with van der Waals surface area (Å²) in [5.41, 5.74) is 0.516. The molecule has 0 atom stereocenters. The molecule has 21 heavy (non-hydrogen) atoms. The van der Waals surface area contributed by atoms with Crippen molar-refractivity contribution in [2.45, 2.75) is 6.18 Å². The van der Waals surface area contributed by atoms with Gasteiger partial charge in [-0.3, -0.25) is 5.43 Å². The molecule has 0 bridgehead atoms. The fourth-order valence-corrected chi connectivity index (χ4v) is 1.40. The molecule has 5 nitrogen and oxygen atoms in total. The molecule has 0 radical (unpaired) electrons. The number of anilines is 1. The van der Waals surface area contributed by atoms with Gasteiger partial charge in [-0.15, -0.1) is 0 Å². The van der Waals surface area contributed by atoms with Crippen LogP contribution in [0.4, 0.5) is 27.9 Å². The van der Waals surface area contributed by atoms with Crippen LogP contribution >= 0.6 is 0 Å². The average Bonchev–Trinajstić information content (AvgIpc) is 2.36. The number of benzene rings is 1. The molecule has 2 rings (SSSR count). The standard InChI is InChI=1S/C11H7F5N4O/c12-5-1-6(13)3-7(2-5)21-9-4-8(11(14,15)16)18-10(19-9)20-17/h1-4H,17H2,(H,18,19,20). The summed E-state index contributed by atoms with van der Waals surface area (Å²) in [6.07, 6.45) is -4.76. The van der Waals surface area contributed by atoms with E-state index in [1.807, 2.05) is 5.43 Å². The van der Waals surface area contributed by atoms with Crippen LogP contribution in [0.1, 0.15) is 5.69 Å². The Hall–Kier alpha value is -2.49. The maximum atomic E-state index is 13.0. The Bertz CT molecular complexity index is 641. The summed E-state index contributed by atoms with van der Waals surface area (Å²) in [5, 5.41) is 0. The fraction of sp³-hybridized carbons (Fsp3) is 0.0909. The Labute approximate surface area is 114 Å². The van der Waals surface area contributed by atoms with Gasteiger partial charge in [0.05, 0.1) is 0 Å². The molecule has 1 heterocycles. The number of hydrazine groups is 1. The number of rotatable bonds is 3. The lowest BCUT2D eigenvalue weighted by Crippen LogP contribution is -2.15. The number of hydrogen-bond acceptors (Lipinski definition) is 5. The van der Waals surface area contributed by atoms with Gasteiger partial charge in [0.15, 0.2) is 5.69 Å². The highest BCUT2D eigenvalue weighted by molar-refractivity contribution is 5.34. The van der Waals surface area contributed by atoms with Crippen molar-refractivity contribution in [1.29, 1.82) is 0 Å². The molecule has 0 saturated carbocycles. The van der Waals surface area contributed by atoms with Crippen molar-refractivity contribution in [2.24, 2.45) is 5.84 Å². The number of ether oxygens (including phenoxy) is 1. The number of alkyl halides is 3. The van der Waals surface area contributed by atoms with Crippen molar-refractivity contribution in [2.75, 3.05) is 5.43 Å². The number of aromatic nitrogens is 2. The number of halogens is 5. The molecule has 0 aliphatic heterocycles. The van der Waals surface area contributed by atoms with E-state index >= 15 is 0 Å². The topological polar surface area (TPSA) is 73.1 Å². The average molecular weight is 306 g/mol. The Morgan fingerprint density at radius 2 is 1.62 bits per heavy atom. The minimum absolute atomic E-state index is 0.359. The summed E-state index contributed by atoms with van der Waals surface area (Å²) in [5.74, 6) is 1.56. The number of hydrogen-bond donors (Lipinski definition) is 2. The molecule has 0 amide bonds. The van der Waals surface area contributed by atoms with E-state index in [9.17, 15) is 22.0 Å². The van der Waals surface area contributed by atoms with Crippen molar-refractivity contribution in [3.8, 4) is 11.6 Å². The molecule has 112 valence electrons. The second kappa shape index (κ2) is 5.48. The Kier molecular flexibility index (Phi) is 3.89. The van der Waals surface area contributed by atoms with E-state index < -0.39 is 35.3 Å². The fourth-order valence-electron chi connectivity index (χ4n) is 1.40. The Morgan fingerprint density at radius 3 is 2.14 bits per heavy atom. The van der Waals surface area contributed by atoms with Gasteiger partial charge in [0.1, 0.15) is 17.4 Å². The highest BCUT2D eigenvalue weighted by Crippen LogP contribution is 2.31. The Morgan fingerprint density at radius 1 is 1.00 bits per heavy atom. The van der Waals surface area contributed by atoms with Crippen LogP contribution in [0.3, 0.4) is 0 Å². The first kappa shape index (κ1) is 14.9. The van der Waals surface area contributed by atoms with E-state index in [2.05, 4.69) is 9.97 Å². The first-order chi connectivity index (χ1) is 9.77. The van der Waals surface area contributed by atoms with E-state index in [1.54, 1.807) is 0 Å². The van der Waals surface area contributed by atoms with Crippen LogP contribution in [0.25, 0.3) is 0 Å². The quantitative estimate of drug-likeness (QED) is 0.518. The van der Waals surface area contributed by atoms with Gasteiger partial charge in [-0.2, -0.15) is 18.2 Å². The molecule has 1 aromatic heterocycles. The minimum atomic E-state index is -4.76. The van der Waals surface area contributed by atoms with Crippen LogP contribution in [-0.2, 0) is 6.18 Å². The first-order valence-electron chi connectivity index (χ1n) is 5.35. The van der Waals surface area contributed by atoms with Crippen molar-refractivity contribution < 1.29 is 26.7 Å². The van der Waals surface area contributed by atoms with Crippen molar-refractivity contribution in [3.05, 3.63) is 41.6 Å². The summed E-state index contributed by atoms with van der Waals surface area (Å²) in [6.45, 7) is 0. The van der Waals surface area contributed by atoms with Gasteiger partial charge in [0, 0.05) is 24.3 Å². The van der Waals surface area contributed by atoms with Crippen molar-refractivity contribution in [3.63, 3.8) is 0 Å². The van der Waals surface area contributed by atoms with Gasteiger partial charge in [0.2, 0.25) is 11.8 Å². The van der Waals surface area contributed by atoms with E-state index in [0.717, 1.165) is 12.1 Å². The molecule has 10 heteroatoms. The van der Waals surface area contributed by atoms with Crippen LogP contribution in [-0.4, -0.2) is 9.97 Å². The highest BCUT2D eigenvalue weighted by Gasteiger charge is 2.34. The molecule has 0 spiro atoms. The number of nitrogen functional groups attached to an aromatic ring is 1. The maximum Gasteiger partial charge on any atom is 0.433 e. The summed E-state index contributed by atoms with van der Waals surface area (Å²) >= 11 is 0. The lowest BCUT2D eigenvalue weighted by molar-refractivity contribution is -0.141. The van der Waals surface area contributed by atoms with E-state index in [0.29, 0.717) is 12.1 Å². The predicted molar refractivity (Wildman–Crippen MR) is 61.3 cm³/mol. The third kappa shape index (κ3) is 3.75. The molecule has 0 aliphatic carbocycles. The molecule has 3 N–H and O–H groups in total. The van der Waals surface area contributed by atoms with Gasteiger partial charge < -0.3 is 4.74 Å². The van der Waals surface area contributed by atoms with Crippen molar-refractivity contribution in [1.82, 2.24) is 9.97 Å². The van der Waals surface area contributed by atoms with Crippen LogP contribution in [0.2, 0.25) is 0 Å². The summed E-state index contributed by atoms with van der Waals surface area (Å²) in [7, 11) is 0. The second-order valence-corrected chi connectivity index (χ2v) is 3.76. The molecule has 1 aromatic carbocycles. The monoisotopic (exact) mass is 306 g/mol. The molecule has 0 fully saturated rings. The van der Waals surface area contributed by atoms with Crippen LogP contribution < -0.4 is 16.0 Å². The van der Waals surface area contributed by atoms with E-state index in [1.165, 1.54) is 0 Å². The minimum Gasteiger partial charge on any atom is -0.439 e. The first-order valence-corrected chi connectivity index (χ1v) is 5.35. The van der Waals surface area contributed by atoms with Gasteiger partial charge >= 0.3 is 6.18 Å². The summed E-state index contributed by atoms with van der Waals surface area (Å²) < 4.78 is 68.7. The zero-order valence-corrected chi connectivity index (χ0v) is 10.1. The lowest BCUT2D eigenvalue weighted by atomic mass is 10.3. The normalized spacial score (nSPS) is 11.3. The molecule has 2 aromatic rings. The third-order valence-corrected chi connectivity index (χ3v) is 2.18. The van der Waals surface area contributed by atoms with Crippen molar-refractivity contribution >= 4 is 5.95 Å². The molecule has 0 unspecified atom stereocenters. The number of nitrogens with two attached hydrogens (primary N) is 1. The Balaban J connectivity index is 2.39. The number of nitrogens with zero attached hydrogens (tertiary/aromatic N) is 2. The number of nitrogens with one attached hydrogen (secondary N) is 1. The smallest absolute Gasteiger partial charge is 0.433 e. The van der Waals surface area contributed by atoms with Gasteiger partial charge in [-0.1, -0.05) is 0 Å². The van der Waals surface area contributed by atoms with E-state index in [-0.39, 0.29) is 5.75 Å². The zero-order valence-electron chi connectivity index (χ0n) is 10.1. The predicted octanol–water partition coefficient (Wildman–Crippen LogP) is 2.85. The van der Waals surface area contributed by atoms with Crippen LogP contribution in [0.15, 0.2) is 24.3 Å². The van der Waals surface area contributed by atoms with E-state index in [4.69, 9.17) is 10.6 Å². The van der Waals surface area contributed by atoms with Gasteiger partial charge in [0.25, 0.3) is 0 Å². The van der Waals surface area contributed by atoms with Crippen LogP contribution in [0, 0.1) is 11.6 Å².